The van der Waals surface area contributed by atoms with Crippen LogP contribution in [0.2, 0.25) is 0 Å². The molecule has 1 atom stereocenters. The third kappa shape index (κ3) is 2.68. The molecule has 1 aromatic carbocycles. The van der Waals surface area contributed by atoms with Crippen LogP contribution in [0.5, 0.6) is 0 Å². The van der Waals surface area contributed by atoms with E-state index in [1.165, 1.54) is 4.31 Å². The van der Waals surface area contributed by atoms with Gasteiger partial charge in [0.25, 0.3) is 0 Å². The molecule has 0 radical (unpaired) electrons. The van der Waals surface area contributed by atoms with E-state index in [2.05, 4.69) is 0 Å². The Morgan fingerprint density at radius 1 is 1.29 bits per heavy atom. The molecule has 0 aromatic heterocycles. The van der Waals surface area contributed by atoms with E-state index in [9.17, 15) is 8.42 Å². The summed E-state index contributed by atoms with van der Waals surface area (Å²) in [5.74, 6) is 0. The molecule has 0 spiro atoms. The van der Waals surface area contributed by atoms with Crippen LogP contribution in [0, 0.1) is 6.92 Å². The van der Waals surface area contributed by atoms with Gasteiger partial charge in [0.1, 0.15) is 0 Å². The summed E-state index contributed by atoms with van der Waals surface area (Å²) in [5.41, 5.74) is 1.05. The summed E-state index contributed by atoms with van der Waals surface area (Å²) in [6, 6.07) is 6.95. The Balaban J connectivity index is 2.26. The summed E-state index contributed by atoms with van der Waals surface area (Å²) in [5, 5.41) is 0. The average Bonchev–Trinajstić information content (AvgIpc) is 2.29. The normalized spacial score (nSPS) is 22.6. The van der Waals surface area contributed by atoms with E-state index in [0.717, 1.165) is 5.56 Å². The molecule has 0 aliphatic carbocycles. The van der Waals surface area contributed by atoms with Crippen molar-refractivity contribution < 1.29 is 13.2 Å². The van der Waals surface area contributed by atoms with Crippen LogP contribution in [0.4, 0.5) is 0 Å². The minimum Gasteiger partial charge on any atom is -0.376 e. The number of benzene rings is 1. The fraction of sp³-hybridized carbons (Fsp3) is 0.500. The maximum atomic E-state index is 12.3. The van der Waals surface area contributed by atoms with Crippen LogP contribution in [0.15, 0.2) is 29.2 Å². The van der Waals surface area contributed by atoms with Gasteiger partial charge >= 0.3 is 0 Å². The van der Waals surface area contributed by atoms with Crippen molar-refractivity contribution in [2.24, 2.45) is 0 Å². The van der Waals surface area contributed by atoms with Gasteiger partial charge in [-0.05, 0) is 26.0 Å². The van der Waals surface area contributed by atoms with Crippen LogP contribution < -0.4 is 0 Å². The van der Waals surface area contributed by atoms with Crippen molar-refractivity contribution in [2.75, 3.05) is 19.7 Å². The second-order valence-corrected chi connectivity index (χ2v) is 6.30. The quantitative estimate of drug-likeness (QED) is 0.802. The van der Waals surface area contributed by atoms with E-state index in [0.29, 0.717) is 24.6 Å². The Hall–Kier alpha value is -0.910. The lowest BCUT2D eigenvalue weighted by Crippen LogP contribution is -2.44. The first-order valence-electron chi connectivity index (χ1n) is 5.68. The van der Waals surface area contributed by atoms with E-state index in [1.54, 1.807) is 12.1 Å². The summed E-state index contributed by atoms with van der Waals surface area (Å²) in [6.07, 6.45) is -0.0380. The molecule has 0 N–H and O–H groups in total. The van der Waals surface area contributed by atoms with E-state index in [4.69, 9.17) is 4.74 Å². The molecule has 1 saturated heterocycles. The van der Waals surface area contributed by atoms with Gasteiger partial charge in [-0.25, -0.2) is 8.42 Å². The zero-order chi connectivity index (χ0) is 12.5. The Morgan fingerprint density at radius 3 is 2.53 bits per heavy atom. The molecular weight excluding hydrogens is 238 g/mol. The van der Waals surface area contributed by atoms with Crippen LogP contribution in [0.3, 0.4) is 0 Å². The van der Waals surface area contributed by atoms with Gasteiger partial charge in [-0.1, -0.05) is 17.7 Å². The molecule has 17 heavy (non-hydrogen) atoms. The zero-order valence-electron chi connectivity index (χ0n) is 10.1. The number of nitrogens with zero attached hydrogens (tertiary/aromatic N) is 1. The van der Waals surface area contributed by atoms with Crippen molar-refractivity contribution >= 4 is 10.0 Å². The van der Waals surface area contributed by atoms with Gasteiger partial charge in [0.2, 0.25) is 10.0 Å². The molecule has 1 aromatic rings. The van der Waals surface area contributed by atoms with Gasteiger partial charge in [0, 0.05) is 13.1 Å². The van der Waals surface area contributed by atoms with Crippen LogP contribution >= 0.6 is 0 Å². The average molecular weight is 255 g/mol. The first kappa shape index (κ1) is 12.5. The van der Waals surface area contributed by atoms with Gasteiger partial charge in [-0.15, -0.1) is 0 Å². The van der Waals surface area contributed by atoms with Crippen molar-refractivity contribution in [2.45, 2.75) is 24.8 Å². The van der Waals surface area contributed by atoms with Crippen molar-refractivity contribution in [1.82, 2.24) is 4.31 Å². The predicted octanol–water partition coefficient (Wildman–Crippen LogP) is 1.40. The van der Waals surface area contributed by atoms with E-state index in [1.807, 2.05) is 26.0 Å². The van der Waals surface area contributed by atoms with E-state index >= 15 is 0 Å². The van der Waals surface area contributed by atoms with Crippen molar-refractivity contribution in [3.63, 3.8) is 0 Å². The molecule has 1 aliphatic rings. The molecule has 94 valence electrons. The molecule has 0 saturated carbocycles. The molecule has 0 amide bonds. The van der Waals surface area contributed by atoms with Crippen LogP contribution in [-0.4, -0.2) is 38.5 Å². The fourth-order valence-corrected chi connectivity index (χ4v) is 3.36. The molecule has 4 nitrogen and oxygen atoms in total. The number of morpholine rings is 1. The van der Waals surface area contributed by atoms with Crippen molar-refractivity contribution in [3.05, 3.63) is 29.8 Å². The summed E-state index contributed by atoms with van der Waals surface area (Å²) in [6.45, 7) is 5.15. The second kappa shape index (κ2) is 4.76. The third-order valence-corrected chi connectivity index (χ3v) is 4.74. The Morgan fingerprint density at radius 2 is 1.94 bits per heavy atom. The Bertz CT molecular complexity index is 481. The second-order valence-electron chi connectivity index (χ2n) is 4.36. The van der Waals surface area contributed by atoms with Crippen LogP contribution in [0.1, 0.15) is 12.5 Å². The largest absolute Gasteiger partial charge is 0.376 e. The topological polar surface area (TPSA) is 46.6 Å². The van der Waals surface area contributed by atoms with Gasteiger partial charge in [-0.3, -0.25) is 0 Å². The van der Waals surface area contributed by atoms with Crippen LogP contribution in [0.25, 0.3) is 0 Å². The van der Waals surface area contributed by atoms with Gasteiger partial charge in [0.05, 0.1) is 17.6 Å². The Labute approximate surface area is 102 Å². The number of rotatable bonds is 2. The molecule has 1 fully saturated rings. The Kier molecular flexibility index (Phi) is 3.51. The molecular formula is C12H17NO3S. The lowest BCUT2D eigenvalue weighted by Gasteiger charge is -2.30. The first-order valence-corrected chi connectivity index (χ1v) is 7.12. The van der Waals surface area contributed by atoms with E-state index < -0.39 is 10.0 Å². The van der Waals surface area contributed by atoms with E-state index in [-0.39, 0.29) is 6.10 Å². The standard InChI is InChI=1S/C12H17NO3S/c1-10-3-5-12(6-4-10)17(14,15)13-7-8-16-11(2)9-13/h3-6,11H,7-9H2,1-2H3/t11-/m1/s1. The number of hydrogen-bond acceptors (Lipinski definition) is 3. The number of sulfonamides is 1. The minimum absolute atomic E-state index is 0.0380. The van der Waals surface area contributed by atoms with Gasteiger partial charge < -0.3 is 4.74 Å². The highest BCUT2D eigenvalue weighted by Crippen LogP contribution is 2.18. The molecule has 5 heteroatoms. The summed E-state index contributed by atoms with van der Waals surface area (Å²) in [4.78, 5) is 0.359. The lowest BCUT2D eigenvalue weighted by molar-refractivity contribution is 0.0102. The summed E-state index contributed by atoms with van der Waals surface area (Å²) in [7, 11) is -3.36. The molecule has 1 heterocycles. The van der Waals surface area contributed by atoms with Crippen molar-refractivity contribution in [1.29, 1.82) is 0 Å². The number of ether oxygens (including phenoxy) is 1. The van der Waals surface area contributed by atoms with Gasteiger partial charge in [0.15, 0.2) is 0 Å². The molecule has 2 rings (SSSR count). The highest BCUT2D eigenvalue weighted by atomic mass is 32.2. The summed E-state index contributed by atoms with van der Waals surface area (Å²) < 4.78 is 31.5. The maximum Gasteiger partial charge on any atom is 0.243 e. The summed E-state index contributed by atoms with van der Waals surface area (Å²) >= 11 is 0. The molecule has 0 bridgehead atoms. The molecule has 0 unspecified atom stereocenters. The predicted molar refractivity (Wildman–Crippen MR) is 65.4 cm³/mol. The first-order chi connectivity index (χ1) is 8.00. The van der Waals surface area contributed by atoms with Crippen LogP contribution in [-0.2, 0) is 14.8 Å². The fourth-order valence-electron chi connectivity index (χ4n) is 1.86. The lowest BCUT2D eigenvalue weighted by atomic mass is 10.2. The minimum atomic E-state index is -3.36. The highest BCUT2D eigenvalue weighted by Gasteiger charge is 2.28. The number of hydrogen-bond donors (Lipinski definition) is 0. The third-order valence-electron chi connectivity index (χ3n) is 2.86. The van der Waals surface area contributed by atoms with Crippen molar-refractivity contribution in [3.8, 4) is 0 Å². The molecule has 1 aliphatic heterocycles. The zero-order valence-corrected chi connectivity index (χ0v) is 10.9. The van der Waals surface area contributed by atoms with Gasteiger partial charge in [-0.2, -0.15) is 4.31 Å². The maximum absolute atomic E-state index is 12.3. The smallest absolute Gasteiger partial charge is 0.243 e. The highest BCUT2D eigenvalue weighted by molar-refractivity contribution is 7.89. The number of aryl methyl sites for hydroxylation is 1. The SMILES string of the molecule is Cc1ccc(S(=O)(=O)N2CCO[C@H](C)C2)cc1. The monoisotopic (exact) mass is 255 g/mol.